The summed E-state index contributed by atoms with van der Waals surface area (Å²) in [5, 5.41) is 11.1. The van der Waals surface area contributed by atoms with E-state index in [-0.39, 0.29) is 4.90 Å². The van der Waals surface area contributed by atoms with E-state index in [0.717, 1.165) is 5.56 Å². The number of hydrogen-bond donors (Lipinski definition) is 2. The normalized spacial score (nSPS) is 14.1. The van der Waals surface area contributed by atoms with Gasteiger partial charge in [0.25, 0.3) is 10.0 Å². The van der Waals surface area contributed by atoms with Crippen molar-refractivity contribution >= 4 is 10.0 Å². The molecule has 8 heteroatoms. The van der Waals surface area contributed by atoms with Crippen LogP contribution in [0.15, 0.2) is 59.5 Å². The van der Waals surface area contributed by atoms with E-state index in [9.17, 15) is 18.5 Å². The molecule has 0 saturated carbocycles. The van der Waals surface area contributed by atoms with E-state index in [2.05, 4.69) is 10.3 Å². The summed E-state index contributed by atoms with van der Waals surface area (Å²) in [5.74, 6) is 0. The molecule has 0 saturated heterocycles. The number of nitrogens with zero attached hydrogens (tertiary/aromatic N) is 1. The van der Waals surface area contributed by atoms with Crippen molar-refractivity contribution in [1.82, 2.24) is 10.3 Å². The van der Waals surface area contributed by atoms with Crippen LogP contribution in [-0.2, 0) is 10.0 Å². The molecular weight excluding hydrogens is 330 g/mol. The largest absolute Gasteiger partial charge is 0.264 e. The fourth-order valence-corrected chi connectivity index (χ4v) is 3.08. The molecule has 2 N–H and O–H groups in total. The van der Waals surface area contributed by atoms with Crippen molar-refractivity contribution in [2.75, 3.05) is 0 Å². The van der Waals surface area contributed by atoms with Gasteiger partial charge < -0.3 is 0 Å². The van der Waals surface area contributed by atoms with Gasteiger partial charge in [-0.2, -0.15) is 0 Å². The third-order valence-corrected chi connectivity index (χ3v) is 4.93. The van der Waals surface area contributed by atoms with Crippen LogP contribution in [0.25, 0.3) is 0 Å². The molecule has 2 aromatic rings. The summed E-state index contributed by atoms with van der Waals surface area (Å²) in [6.07, 6.45) is 0. The summed E-state index contributed by atoms with van der Waals surface area (Å²) in [4.78, 5) is 13.0. The Bertz CT molecular complexity index is 792. The topological polar surface area (TPSA) is 101 Å². The number of nitrogens with one attached hydrogen (secondary N) is 2. The smallest absolute Gasteiger partial charge is 0.253 e. The van der Waals surface area contributed by atoms with Gasteiger partial charge in [0.05, 0.1) is 4.90 Å². The lowest BCUT2D eigenvalue weighted by Crippen LogP contribution is -2.45. The molecule has 0 unspecified atom stereocenters. The Morgan fingerprint density at radius 1 is 1.04 bits per heavy atom. The maximum Gasteiger partial charge on any atom is 0.253 e. The van der Waals surface area contributed by atoms with Gasteiger partial charge in [-0.25, -0.2) is 13.8 Å². The predicted octanol–water partition coefficient (Wildman–Crippen LogP) is 2.18. The number of nitro groups is 1. The fourth-order valence-electron chi connectivity index (χ4n) is 2.18. The van der Waals surface area contributed by atoms with Crippen molar-refractivity contribution in [2.45, 2.75) is 30.8 Å². The minimum atomic E-state index is -3.82. The Morgan fingerprint density at radius 2 is 1.62 bits per heavy atom. The Morgan fingerprint density at radius 3 is 2.17 bits per heavy atom. The Hall–Kier alpha value is -2.29. The highest BCUT2D eigenvalue weighted by Crippen LogP contribution is 2.18. The molecule has 7 nitrogen and oxygen atoms in total. The van der Waals surface area contributed by atoms with E-state index in [1.807, 2.05) is 6.92 Å². The highest BCUT2D eigenvalue weighted by atomic mass is 32.2. The van der Waals surface area contributed by atoms with Gasteiger partial charge in [0.15, 0.2) is 0 Å². The molecule has 0 amide bonds. The molecule has 0 aromatic heterocycles. The molecule has 0 heterocycles. The van der Waals surface area contributed by atoms with Gasteiger partial charge in [0, 0.05) is 11.8 Å². The lowest BCUT2D eigenvalue weighted by Gasteiger charge is -2.20. The number of benzene rings is 2. The first-order valence-corrected chi connectivity index (χ1v) is 8.82. The minimum Gasteiger partial charge on any atom is -0.264 e. The molecule has 0 radical (unpaired) electrons. The van der Waals surface area contributed by atoms with Crippen molar-refractivity contribution in [2.24, 2.45) is 0 Å². The van der Waals surface area contributed by atoms with Gasteiger partial charge in [-0.1, -0.05) is 48.0 Å². The lowest BCUT2D eigenvalue weighted by atomic mass is 10.0. The van der Waals surface area contributed by atoms with Crippen molar-refractivity contribution < 1.29 is 13.3 Å². The van der Waals surface area contributed by atoms with Gasteiger partial charge >= 0.3 is 0 Å². The summed E-state index contributed by atoms with van der Waals surface area (Å²) >= 11 is 0. The first kappa shape index (κ1) is 18.1. The quantitative estimate of drug-likeness (QED) is 0.589. The molecule has 128 valence electrons. The van der Waals surface area contributed by atoms with Crippen molar-refractivity contribution in [3.05, 3.63) is 75.8 Å². The second-order valence-corrected chi connectivity index (χ2v) is 7.16. The van der Waals surface area contributed by atoms with Crippen molar-refractivity contribution in [1.29, 1.82) is 0 Å². The molecule has 0 aliphatic carbocycles. The van der Waals surface area contributed by atoms with E-state index >= 15 is 0 Å². The molecule has 0 bridgehead atoms. The van der Waals surface area contributed by atoms with Crippen LogP contribution in [0.4, 0.5) is 0 Å². The Labute approximate surface area is 140 Å². The maximum atomic E-state index is 12.3. The molecule has 0 fully saturated rings. The molecule has 0 aliphatic rings. The summed E-state index contributed by atoms with van der Waals surface area (Å²) in [5.41, 5.74) is 4.15. The van der Waals surface area contributed by atoms with E-state index in [0.29, 0.717) is 5.56 Å². The predicted molar refractivity (Wildman–Crippen MR) is 90.3 cm³/mol. The van der Waals surface area contributed by atoms with Crippen LogP contribution in [0.3, 0.4) is 0 Å². The SMILES string of the molecule is Cc1ccc(S(=O)(=O)NN[C@H](c2ccccc2)[C@H](C)[N+](=O)[O-])cc1. The number of hydrogen-bond acceptors (Lipinski definition) is 5. The van der Waals surface area contributed by atoms with Gasteiger partial charge in [-0.15, -0.1) is 4.83 Å². The highest BCUT2D eigenvalue weighted by molar-refractivity contribution is 7.89. The number of hydrazine groups is 1. The van der Waals surface area contributed by atoms with Crippen molar-refractivity contribution in [3.8, 4) is 0 Å². The molecule has 24 heavy (non-hydrogen) atoms. The van der Waals surface area contributed by atoms with Crippen LogP contribution in [0.5, 0.6) is 0 Å². The average molecular weight is 349 g/mol. The average Bonchev–Trinajstić information content (AvgIpc) is 2.56. The lowest BCUT2D eigenvalue weighted by molar-refractivity contribution is -0.523. The van der Waals surface area contributed by atoms with Gasteiger partial charge in [0.2, 0.25) is 6.04 Å². The van der Waals surface area contributed by atoms with E-state index < -0.39 is 27.0 Å². The number of rotatable bonds is 7. The monoisotopic (exact) mass is 349 g/mol. The van der Waals surface area contributed by atoms with Gasteiger partial charge in [0.1, 0.15) is 6.04 Å². The second kappa shape index (κ2) is 7.52. The van der Waals surface area contributed by atoms with E-state index in [4.69, 9.17) is 0 Å². The minimum absolute atomic E-state index is 0.0844. The molecule has 0 aliphatic heterocycles. The zero-order valence-corrected chi connectivity index (χ0v) is 14.2. The third kappa shape index (κ3) is 4.38. The van der Waals surface area contributed by atoms with Crippen LogP contribution in [-0.4, -0.2) is 19.4 Å². The molecule has 0 spiro atoms. The van der Waals surface area contributed by atoms with Gasteiger partial charge in [-0.3, -0.25) is 10.1 Å². The zero-order chi connectivity index (χ0) is 17.7. The maximum absolute atomic E-state index is 12.3. The second-order valence-electron chi connectivity index (χ2n) is 5.48. The van der Waals surface area contributed by atoms with Crippen LogP contribution in [0.2, 0.25) is 0 Å². The fraction of sp³-hybridized carbons (Fsp3) is 0.250. The molecular formula is C16H19N3O4S. The van der Waals surface area contributed by atoms with Gasteiger partial charge in [-0.05, 0) is 24.6 Å². The Kier molecular flexibility index (Phi) is 5.66. The Balaban J connectivity index is 2.21. The van der Waals surface area contributed by atoms with E-state index in [1.54, 1.807) is 42.5 Å². The number of sulfonamides is 1. The first-order valence-electron chi connectivity index (χ1n) is 7.34. The number of aryl methyl sites for hydroxylation is 1. The van der Waals surface area contributed by atoms with Crippen LogP contribution >= 0.6 is 0 Å². The highest BCUT2D eigenvalue weighted by Gasteiger charge is 2.29. The zero-order valence-electron chi connectivity index (χ0n) is 13.3. The molecule has 2 atom stereocenters. The molecule has 2 rings (SSSR count). The van der Waals surface area contributed by atoms with Crippen LogP contribution in [0, 0.1) is 17.0 Å². The summed E-state index contributed by atoms with van der Waals surface area (Å²) < 4.78 is 24.7. The van der Waals surface area contributed by atoms with Crippen molar-refractivity contribution in [3.63, 3.8) is 0 Å². The molecule has 2 aromatic carbocycles. The van der Waals surface area contributed by atoms with Crippen LogP contribution in [0.1, 0.15) is 24.1 Å². The van der Waals surface area contributed by atoms with Crippen LogP contribution < -0.4 is 10.3 Å². The third-order valence-electron chi connectivity index (χ3n) is 3.65. The standard InChI is InChI=1S/C16H19N3O4S/c1-12-8-10-15(11-9-12)24(22,23)18-17-16(13(2)19(20)21)14-6-4-3-5-7-14/h3-11,13,16-18H,1-2H3/t13-,16-/m0/s1. The summed E-state index contributed by atoms with van der Waals surface area (Å²) in [7, 11) is -3.82. The summed E-state index contributed by atoms with van der Waals surface area (Å²) in [6, 6.07) is 13.2. The first-order chi connectivity index (χ1) is 11.3. The van der Waals surface area contributed by atoms with E-state index in [1.165, 1.54) is 19.1 Å². The summed E-state index contributed by atoms with van der Waals surface area (Å²) in [6.45, 7) is 3.27.